The zero-order valence-corrected chi connectivity index (χ0v) is 12.2. The first-order chi connectivity index (χ1) is 9.69. The van der Waals surface area contributed by atoms with Gasteiger partial charge in [-0.25, -0.2) is 4.79 Å². The van der Waals surface area contributed by atoms with E-state index in [4.69, 9.17) is 4.74 Å². The first-order valence-electron chi connectivity index (χ1n) is 6.98. The molecule has 1 aromatic heterocycles. The van der Waals surface area contributed by atoms with E-state index in [1.54, 1.807) is 12.3 Å². The Hall–Kier alpha value is -1.46. The SMILES string of the molecule is COC(=O)c1ccc(CN(C)CC2CCCOC2)nc1. The molecule has 0 N–H and O–H groups in total. The van der Waals surface area contributed by atoms with Crippen molar-refractivity contribution in [3.05, 3.63) is 29.6 Å². The molecule has 0 radical (unpaired) electrons. The van der Waals surface area contributed by atoms with Gasteiger partial charge in [0.1, 0.15) is 0 Å². The molecule has 0 amide bonds. The summed E-state index contributed by atoms with van der Waals surface area (Å²) in [5.74, 6) is 0.264. The second kappa shape index (κ2) is 7.36. The Bertz CT molecular complexity index is 427. The highest BCUT2D eigenvalue weighted by Crippen LogP contribution is 2.15. The predicted molar refractivity (Wildman–Crippen MR) is 75.5 cm³/mol. The van der Waals surface area contributed by atoms with Crippen molar-refractivity contribution < 1.29 is 14.3 Å². The van der Waals surface area contributed by atoms with Gasteiger partial charge in [-0.05, 0) is 37.9 Å². The molecule has 1 aliphatic heterocycles. The molecule has 1 saturated heterocycles. The molecule has 5 heteroatoms. The molecule has 110 valence electrons. The number of hydrogen-bond acceptors (Lipinski definition) is 5. The summed E-state index contributed by atoms with van der Waals surface area (Å²) in [6, 6.07) is 3.63. The largest absolute Gasteiger partial charge is 0.465 e. The van der Waals surface area contributed by atoms with Crippen molar-refractivity contribution in [2.75, 3.05) is 33.9 Å². The van der Waals surface area contributed by atoms with Crippen molar-refractivity contribution in [3.8, 4) is 0 Å². The first kappa shape index (κ1) is 14.9. The van der Waals surface area contributed by atoms with Gasteiger partial charge in [-0.1, -0.05) is 0 Å². The molecular formula is C15H22N2O3. The van der Waals surface area contributed by atoms with Gasteiger partial charge in [0.15, 0.2) is 0 Å². The number of ether oxygens (including phenoxy) is 2. The van der Waals surface area contributed by atoms with Crippen molar-refractivity contribution >= 4 is 5.97 Å². The van der Waals surface area contributed by atoms with Crippen LogP contribution in [0.3, 0.4) is 0 Å². The molecule has 0 spiro atoms. The Labute approximate surface area is 119 Å². The number of methoxy groups -OCH3 is 1. The molecule has 0 bridgehead atoms. The monoisotopic (exact) mass is 278 g/mol. The van der Waals surface area contributed by atoms with Crippen LogP contribution in [0.2, 0.25) is 0 Å². The van der Waals surface area contributed by atoms with Crippen molar-refractivity contribution in [2.24, 2.45) is 5.92 Å². The van der Waals surface area contributed by atoms with Gasteiger partial charge in [-0.15, -0.1) is 0 Å². The van der Waals surface area contributed by atoms with Gasteiger partial charge in [-0.3, -0.25) is 4.98 Å². The third kappa shape index (κ3) is 4.28. The second-order valence-electron chi connectivity index (χ2n) is 5.31. The number of aromatic nitrogens is 1. The van der Waals surface area contributed by atoms with Crippen LogP contribution >= 0.6 is 0 Å². The summed E-state index contributed by atoms with van der Waals surface area (Å²) in [5, 5.41) is 0. The Kier molecular flexibility index (Phi) is 5.49. The predicted octanol–water partition coefficient (Wildman–Crippen LogP) is 1.73. The van der Waals surface area contributed by atoms with Crippen LogP contribution in [0.5, 0.6) is 0 Å². The van der Waals surface area contributed by atoms with Crippen LogP contribution in [0.1, 0.15) is 28.9 Å². The maximum atomic E-state index is 11.3. The lowest BCUT2D eigenvalue weighted by Crippen LogP contribution is -2.30. The van der Waals surface area contributed by atoms with Crippen LogP contribution in [0.15, 0.2) is 18.3 Å². The Morgan fingerprint density at radius 3 is 3.00 bits per heavy atom. The Balaban J connectivity index is 1.84. The lowest BCUT2D eigenvalue weighted by atomic mass is 10.0. The van der Waals surface area contributed by atoms with Gasteiger partial charge in [0.2, 0.25) is 0 Å². The molecule has 0 saturated carbocycles. The molecule has 0 aliphatic carbocycles. The molecule has 1 fully saturated rings. The molecule has 5 nitrogen and oxygen atoms in total. The van der Waals surface area contributed by atoms with E-state index < -0.39 is 0 Å². The Morgan fingerprint density at radius 1 is 1.55 bits per heavy atom. The van der Waals surface area contributed by atoms with E-state index >= 15 is 0 Å². The molecule has 2 heterocycles. The van der Waals surface area contributed by atoms with Crippen molar-refractivity contribution in [2.45, 2.75) is 19.4 Å². The number of esters is 1. The fourth-order valence-corrected chi connectivity index (χ4v) is 2.49. The fourth-order valence-electron chi connectivity index (χ4n) is 2.49. The quantitative estimate of drug-likeness (QED) is 0.768. The van der Waals surface area contributed by atoms with Crippen LogP contribution in [-0.4, -0.2) is 49.8 Å². The van der Waals surface area contributed by atoms with Crippen molar-refractivity contribution in [1.29, 1.82) is 0 Å². The third-order valence-electron chi connectivity index (χ3n) is 3.50. The highest BCUT2D eigenvalue weighted by Gasteiger charge is 2.16. The highest BCUT2D eigenvalue weighted by molar-refractivity contribution is 5.88. The third-order valence-corrected chi connectivity index (χ3v) is 3.50. The minimum atomic E-state index is -0.350. The maximum absolute atomic E-state index is 11.3. The van der Waals surface area contributed by atoms with Gasteiger partial charge < -0.3 is 14.4 Å². The number of rotatable bonds is 5. The summed E-state index contributed by atoms with van der Waals surface area (Å²) in [6.45, 7) is 3.55. The molecule has 1 aromatic rings. The molecule has 20 heavy (non-hydrogen) atoms. The van der Waals surface area contributed by atoms with Gasteiger partial charge in [0.05, 0.1) is 25.0 Å². The van der Waals surface area contributed by atoms with Crippen LogP contribution in [0.4, 0.5) is 0 Å². The number of carbonyl (C=O) groups is 1. The summed E-state index contributed by atoms with van der Waals surface area (Å²) in [4.78, 5) is 17.9. The zero-order valence-electron chi connectivity index (χ0n) is 12.2. The van der Waals surface area contributed by atoms with E-state index in [0.29, 0.717) is 11.5 Å². The number of pyridine rings is 1. The van der Waals surface area contributed by atoms with E-state index in [1.807, 2.05) is 6.07 Å². The lowest BCUT2D eigenvalue weighted by Gasteiger charge is -2.26. The second-order valence-corrected chi connectivity index (χ2v) is 5.31. The van der Waals surface area contributed by atoms with Crippen molar-refractivity contribution in [1.82, 2.24) is 9.88 Å². The van der Waals surface area contributed by atoms with Crippen LogP contribution in [-0.2, 0) is 16.0 Å². The summed E-state index contributed by atoms with van der Waals surface area (Å²) >= 11 is 0. The average molecular weight is 278 g/mol. The number of carbonyl (C=O) groups excluding carboxylic acids is 1. The lowest BCUT2D eigenvalue weighted by molar-refractivity contribution is 0.0410. The normalized spacial score (nSPS) is 19.1. The minimum absolute atomic E-state index is 0.350. The minimum Gasteiger partial charge on any atom is -0.465 e. The highest BCUT2D eigenvalue weighted by atomic mass is 16.5. The smallest absolute Gasteiger partial charge is 0.339 e. The van der Waals surface area contributed by atoms with Crippen molar-refractivity contribution in [3.63, 3.8) is 0 Å². The fraction of sp³-hybridized carbons (Fsp3) is 0.600. The summed E-state index contributed by atoms with van der Waals surface area (Å²) < 4.78 is 10.1. The number of nitrogens with zero attached hydrogens (tertiary/aromatic N) is 2. The number of hydrogen-bond donors (Lipinski definition) is 0. The standard InChI is InChI=1S/C15H22N2O3/c1-17(9-12-4-3-7-20-11-12)10-14-6-5-13(8-16-14)15(18)19-2/h5-6,8,12H,3-4,7,9-11H2,1-2H3. The summed E-state index contributed by atoms with van der Waals surface area (Å²) in [5.41, 5.74) is 1.44. The van der Waals surface area contributed by atoms with Gasteiger partial charge in [-0.2, -0.15) is 0 Å². The Morgan fingerprint density at radius 2 is 2.40 bits per heavy atom. The van der Waals surface area contributed by atoms with E-state index in [9.17, 15) is 4.79 Å². The van der Waals surface area contributed by atoms with Gasteiger partial charge >= 0.3 is 5.97 Å². The first-order valence-corrected chi connectivity index (χ1v) is 6.98. The maximum Gasteiger partial charge on any atom is 0.339 e. The van der Waals surface area contributed by atoms with Crippen LogP contribution < -0.4 is 0 Å². The molecule has 1 aliphatic rings. The van der Waals surface area contributed by atoms with E-state index in [-0.39, 0.29) is 5.97 Å². The molecule has 1 unspecified atom stereocenters. The topological polar surface area (TPSA) is 51.7 Å². The van der Waals surface area contributed by atoms with E-state index in [2.05, 4.69) is 21.7 Å². The van der Waals surface area contributed by atoms with E-state index in [1.165, 1.54) is 13.5 Å². The average Bonchev–Trinajstić information content (AvgIpc) is 2.48. The summed E-state index contributed by atoms with van der Waals surface area (Å²) in [6.07, 6.45) is 3.96. The van der Waals surface area contributed by atoms with Gasteiger partial charge in [0.25, 0.3) is 0 Å². The summed E-state index contributed by atoms with van der Waals surface area (Å²) in [7, 11) is 3.46. The molecular weight excluding hydrogens is 256 g/mol. The van der Waals surface area contributed by atoms with E-state index in [0.717, 1.165) is 38.4 Å². The van der Waals surface area contributed by atoms with Crippen LogP contribution in [0.25, 0.3) is 0 Å². The van der Waals surface area contributed by atoms with Gasteiger partial charge in [0, 0.05) is 25.9 Å². The van der Waals surface area contributed by atoms with Crippen LogP contribution in [0, 0.1) is 5.92 Å². The molecule has 1 atom stereocenters. The molecule has 0 aromatic carbocycles. The zero-order chi connectivity index (χ0) is 14.4. The molecule has 2 rings (SSSR count).